The molecule has 0 unspecified atom stereocenters. The van der Waals surface area contributed by atoms with Crippen LogP contribution in [0.5, 0.6) is 0 Å². The molecule has 1 fully saturated rings. The monoisotopic (exact) mass is 292 g/mol. The highest BCUT2D eigenvalue weighted by molar-refractivity contribution is 7.98. The summed E-state index contributed by atoms with van der Waals surface area (Å²) in [5.74, 6) is 1.85. The fourth-order valence-electron chi connectivity index (χ4n) is 1.92. The van der Waals surface area contributed by atoms with E-state index >= 15 is 0 Å². The Hall–Kier alpha value is -1.20. The summed E-state index contributed by atoms with van der Waals surface area (Å²) in [5, 5.41) is 0. The van der Waals surface area contributed by atoms with Crippen LogP contribution in [-0.4, -0.2) is 9.97 Å². The van der Waals surface area contributed by atoms with Gasteiger partial charge in [0.25, 0.3) is 0 Å². The van der Waals surface area contributed by atoms with E-state index in [0.29, 0.717) is 21.2 Å². The van der Waals surface area contributed by atoms with Crippen molar-refractivity contribution in [2.75, 3.05) is 0 Å². The van der Waals surface area contributed by atoms with E-state index < -0.39 is 0 Å². The Morgan fingerprint density at radius 1 is 1.37 bits per heavy atom. The number of hydrogen-bond donors (Lipinski definition) is 1. The first kappa shape index (κ1) is 12.8. The molecule has 0 atom stereocenters. The summed E-state index contributed by atoms with van der Waals surface area (Å²) in [6, 6.07) is 8.71. The number of nitrogens with zero attached hydrogens (tertiary/aromatic N) is 1. The van der Waals surface area contributed by atoms with Gasteiger partial charge in [-0.25, -0.2) is 9.37 Å². The first-order chi connectivity index (χ1) is 9.22. The van der Waals surface area contributed by atoms with Crippen LogP contribution in [0.2, 0.25) is 0 Å². The second-order valence-corrected chi connectivity index (χ2v) is 6.05. The smallest absolute Gasteiger partial charge is 0.136 e. The zero-order valence-electron chi connectivity index (χ0n) is 10.2. The average molecular weight is 292 g/mol. The van der Waals surface area contributed by atoms with Gasteiger partial charge in [0.15, 0.2) is 0 Å². The Morgan fingerprint density at radius 2 is 2.16 bits per heavy atom. The zero-order chi connectivity index (χ0) is 13.2. The van der Waals surface area contributed by atoms with Gasteiger partial charge in [-0.2, -0.15) is 0 Å². The summed E-state index contributed by atoms with van der Waals surface area (Å²) in [6.07, 6.45) is 2.43. The maximum atomic E-state index is 13.5. The molecular formula is C14H13FN2S2. The summed E-state index contributed by atoms with van der Waals surface area (Å²) in [4.78, 5) is 8.26. The molecule has 0 amide bonds. The van der Waals surface area contributed by atoms with Crippen molar-refractivity contribution in [3.05, 3.63) is 52.3 Å². The number of rotatable bonds is 4. The van der Waals surface area contributed by atoms with Crippen LogP contribution in [-0.2, 0) is 5.75 Å². The molecule has 1 saturated carbocycles. The lowest BCUT2D eigenvalue weighted by atomic mass is 10.3. The largest absolute Gasteiger partial charge is 0.346 e. The maximum absolute atomic E-state index is 13.5. The van der Waals surface area contributed by atoms with Crippen LogP contribution < -0.4 is 0 Å². The first-order valence-corrected chi connectivity index (χ1v) is 7.59. The van der Waals surface area contributed by atoms with E-state index in [1.807, 2.05) is 12.1 Å². The van der Waals surface area contributed by atoms with E-state index in [2.05, 4.69) is 9.97 Å². The molecule has 1 aromatic heterocycles. The normalized spacial score (nSPS) is 14.6. The van der Waals surface area contributed by atoms with Gasteiger partial charge in [-0.3, -0.25) is 0 Å². The quantitative estimate of drug-likeness (QED) is 0.667. The molecule has 0 saturated heterocycles. The van der Waals surface area contributed by atoms with Gasteiger partial charge in [0.2, 0.25) is 0 Å². The van der Waals surface area contributed by atoms with Gasteiger partial charge in [0, 0.05) is 10.6 Å². The van der Waals surface area contributed by atoms with Crippen molar-refractivity contribution in [3.63, 3.8) is 0 Å². The fourth-order valence-corrected chi connectivity index (χ4v) is 2.97. The molecule has 19 heavy (non-hydrogen) atoms. The lowest BCUT2D eigenvalue weighted by Gasteiger charge is -2.05. The summed E-state index contributed by atoms with van der Waals surface area (Å²) in [6.45, 7) is 0. The van der Waals surface area contributed by atoms with Crippen molar-refractivity contribution in [2.24, 2.45) is 0 Å². The summed E-state index contributed by atoms with van der Waals surface area (Å²) < 4.78 is 14.1. The van der Waals surface area contributed by atoms with Crippen molar-refractivity contribution in [1.82, 2.24) is 9.97 Å². The van der Waals surface area contributed by atoms with E-state index in [0.717, 1.165) is 5.82 Å². The minimum atomic E-state index is -0.190. The Bertz CT molecular complexity index is 650. The number of hydrogen-bond acceptors (Lipinski definition) is 3. The van der Waals surface area contributed by atoms with Crippen LogP contribution in [0, 0.1) is 10.5 Å². The lowest BCUT2D eigenvalue weighted by molar-refractivity contribution is 0.602. The van der Waals surface area contributed by atoms with E-state index in [1.165, 1.54) is 36.4 Å². The molecule has 98 valence electrons. The highest BCUT2D eigenvalue weighted by atomic mass is 32.2. The molecule has 2 nitrogen and oxygen atoms in total. The molecule has 5 heteroatoms. The highest BCUT2D eigenvalue weighted by Gasteiger charge is 2.24. The van der Waals surface area contributed by atoms with Gasteiger partial charge in [0.1, 0.15) is 16.3 Å². The van der Waals surface area contributed by atoms with Crippen molar-refractivity contribution in [3.8, 4) is 0 Å². The molecule has 1 aliphatic carbocycles. The number of thioether (sulfide) groups is 1. The Labute approximate surface area is 120 Å². The van der Waals surface area contributed by atoms with Gasteiger partial charge in [-0.1, -0.05) is 24.4 Å². The fraction of sp³-hybridized carbons (Fsp3) is 0.286. The molecule has 1 heterocycles. The second kappa shape index (κ2) is 5.43. The predicted octanol–water partition coefficient (Wildman–Crippen LogP) is 4.45. The standard InChI is InChI=1S/C14H13FN2S2/c15-10-3-1-2-4-12(10)19-8-13-16-11(9-5-6-9)7-14(18)17-13/h1-4,7,9H,5-6,8H2,(H,16,17,18). The van der Waals surface area contributed by atoms with E-state index in [9.17, 15) is 4.39 Å². The van der Waals surface area contributed by atoms with Crippen LogP contribution in [0.3, 0.4) is 0 Å². The van der Waals surface area contributed by atoms with Gasteiger partial charge in [-0.15, -0.1) is 11.8 Å². The van der Waals surface area contributed by atoms with Crippen LogP contribution in [0.15, 0.2) is 35.2 Å². The summed E-state index contributed by atoms with van der Waals surface area (Å²) in [7, 11) is 0. The third kappa shape index (κ3) is 3.22. The number of aromatic amines is 1. The van der Waals surface area contributed by atoms with E-state index in [1.54, 1.807) is 12.1 Å². The van der Waals surface area contributed by atoms with Crippen molar-refractivity contribution in [2.45, 2.75) is 29.4 Å². The number of H-pyrrole nitrogens is 1. The van der Waals surface area contributed by atoms with Gasteiger partial charge >= 0.3 is 0 Å². The molecule has 2 aromatic rings. The highest BCUT2D eigenvalue weighted by Crippen LogP contribution is 2.39. The molecular weight excluding hydrogens is 279 g/mol. The Morgan fingerprint density at radius 3 is 2.89 bits per heavy atom. The minimum Gasteiger partial charge on any atom is -0.346 e. The molecule has 1 aliphatic rings. The van der Waals surface area contributed by atoms with Crippen molar-refractivity contribution in [1.29, 1.82) is 0 Å². The predicted molar refractivity (Wildman–Crippen MR) is 77.4 cm³/mol. The Balaban J connectivity index is 1.76. The van der Waals surface area contributed by atoms with E-state index in [4.69, 9.17) is 12.2 Å². The third-order valence-electron chi connectivity index (χ3n) is 3.03. The SMILES string of the molecule is Fc1ccccc1SCc1nc(=S)cc(C2CC2)[nH]1. The number of benzene rings is 1. The maximum Gasteiger partial charge on any atom is 0.136 e. The summed E-state index contributed by atoms with van der Waals surface area (Å²) in [5.41, 5.74) is 1.17. The molecule has 0 spiro atoms. The molecule has 0 aliphatic heterocycles. The molecule has 3 rings (SSSR count). The first-order valence-electron chi connectivity index (χ1n) is 6.20. The molecule has 1 N–H and O–H groups in total. The van der Waals surface area contributed by atoms with Crippen LogP contribution >= 0.6 is 24.0 Å². The number of aromatic nitrogens is 2. The minimum absolute atomic E-state index is 0.190. The Kier molecular flexibility index (Phi) is 3.66. The van der Waals surface area contributed by atoms with Crippen molar-refractivity contribution < 1.29 is 4.39 Å². The molecule has 0 radical (unpaired) electrons. The van der Waals surface area contributed by atoms with Gasteiger partial charge in [-0.05, 0) is 37.0 Å². The topological polar surface area (TPSA) is 28.7 Å². The van der Waals surface area contributed by atoms with Gasteiger partial charge in [0.05, 0.1) is 5.75 Å². The van der Waals surface area contributed by atoms with Crippen LogP contribution in [0.25, 0.3) is 0 Å². The van der Waals surface area contributed by atoms with Gasteiger partial charge < -0.3 is 4.98 Å². The van der Waals surface area contributed by atoms with Crippen molar-refractivity contribution >= 4 is 24.0 Å². The lowest BCUT2D eigenvalue weighted by Crippen LogP contribution is -1.97. The number of nitrogens with one attached hydrogen (secondary N) is 1. The third-order valence-corrected chi connectivity index (χ3v) is 4.30. The van der Waals surface area contributed by atoms with E-state index in [-0.39, 0.29) is 5.82 Å². The zero-order valence-corrected chi connectivity index (χ0v) is 11.9. The van der Waals surface area contributed by atoms with Crippen LogP contribution in [0.1, 0.15) is 30.3 Å². The second-order valence-electron chi connectivity index (χ2n) is 4.61. The molecule has 0 bridgehead atoms. The summed E-state index contributed by atoms with van der Waals surface area (Å²) >= 11 is 6.61. The number of halogens is 1. The van der Waals surface area contributed by atoms with Crippen LogP contribution in [0.4, 0.5) is 4.39 Å². The molecule has 1 aromatic carbocycles. The average Bonchev–Trinajstić information content (AvgIpc) is 3.21.